The van der Waals surface area contributed by atoms with E-state index in [2.05, 4.69) is 0 Å². The molecule has 0 heterocycles. The fourth-order valence-electron chi connectivity index (χ4n) is 1.86. The van der Waals surface area contributed by atoms with E-state index in [4.69, 9.17) is 23.2 Å². The maximum atomic E-state index is 13.6. The van der Waals surface area contributed by atoms with Crippen LogP contribution in [0.5, 0.6) is 0 Å². The van der Waals surface area contributed by atoms with Crippen molar-refractivity contribution in [2.75, 3.05) is 0 Å². The summed E-state index contributed by atoms with van der Waals surface area (Å²) in [5.74, 6) is -3.90. The van der Waals surface area contributed by atoms with Gasteiger partial charge in [-0.05, 0) is 18.6 Å². The largest absolute Gasteiger partial charge is 0.207 e. The van der Waals surface area contributed by atoms with Gasteiger partial charge >= 0.3 is 0 Å². The van der Waals surface area contributed by atoms with Crippen LogP contribution < -0.4 is 0 Å². The van der Waals surface area contributed by atoms with E-state index < -0.39 is 34.2 Å². The van der Waals surface area contributed by atoms with E-state index in [-0.39, 0.29) is 17.0 Å². The molecule has 0 radical (unpaired) electrons. The van der Waals surface area contributed by atoms with E-state index in [9.17, 15) is 17.6 Å². The first-order chi connectivity index (χ1) is 9.40. The highest BCUT2D eigenvalue weighted by Gasteiger charge is 2.22. The van der Waals surface area contributed by atoms with Crippen molar-refractivity contribution in [2.45, 2.75) is 11.8 Å². The first-order valence-corrected chi connectivity index (χ1v) is 6.43. The molecular formula is C14H8Cl2F4. The Labute approximate surface area is 122 Å². The van der Waals surface area contributed by atoms with E-state index in [1.54, 1.807) is 0 Å². The van der Waals surface area contributed by atoms with Crippen molar-refractivity contribution in [2.24, 2.45) is 0 Å². The zero-order valence-corrected chi connectivity index (χ0v) is 11.5. The number of halogens is 6. The Balaban J connectivity index is 2.36. The smallest absolute Gasteiger partial charge is 0.133 e. The van der Waals surface area contributed by atoms with Crippen LogP contribution in [-0.2, 0) is 6.42 Å². The molecule has 0 N–H and O–H groups in total. The molecular weight excluding hydrogens is 315 g/mol. The third-order valence-corrected chi connectivity index (χ3v) is 3.53. The van der Waals surface area contributed by atoms with Crippen molar-refractivity contribution in [3.63, 3.8) is 0 Å². The Hall–Kier alpha value is -1.26. The molecule has 1 unspecified atom stereocenters. The van der Waals surface area contributed by atoms with Crippen LogP contribution in [0.15, 0.2) is 30.3 Å². The highest BCUT2D eigenvalue weighted by molar-refractivity contribution is 6.31. The fourth-order valence-corrected chi connectivity index (χ4v) is 2.46. The van der Waals surface area contributed by atoms with Gasteiger partial charge in [0.2, 0.25) is 0 Å². The lowest BCUT2D eigenvalue weighted by Crippen LogP contribution is -2.05. The van der Waals surface area contributed by atoms with E-state index >= 15 is 0 Å². The Morgan fingerprint density at radius 2 is 1.55 bits per heavy atom. The van der Waals surface area contributed by atoms with Crippen molar-refractivity contribution >= 4 is 23.2 Å². The lowest BCUT2D eigenvalue weighted by molar-refractivity contribution is 0.518. The first-order valence-electron chi connectivity index (χ1n) is 5.61. The molecule has 0 saturated carbocycles. The van der Waals surface area contributed by atoms with E-state index in [0.29, 0.717) is 12.1 Å². The molecule has 0 spiro atoms. The van der Waals surface area contributed by atoms with E-state index in [0.717, 1.165) is 0 Å². The van der Waals surface area contributed by atoms with E-state index in [1.165, 1.54) is 18.2 Å². The van der Waals surface area contributed by atoms with Gasteiger partial charge in [0.05, 0.1) is 5.38 Å². The Morgan fingerprint density at radius 1 is 0.950 bits per heavy atom. The third-order valence-electron chi connectivity index (χ3n) is 2.80. The molecule has 6 heteroatoms. The molecule has 106 valence electrons. The molecule has 20 heavy (non-hydrogen) atoms. The standard InChI is InChI=1S/C14H8Cl2F4/c15-9-2-1-3-11(18)8(9)6-10(16)14-12(19)4-7(17)5-13(14)20/h1-5,10H,6H2. The van der Waals surface area contributed by atoms with Crippen LogP contribution in [0.2, 0.25) is 5.02 Å². The van der Waals surface area contributed by atoms with E-state index in [1.807, 2.05) is 0 Å². The second-order valence-electron chi connectivity index (χ2n) is 4.15. The van der Waals surface area contributed by atoms with Gasteiger partial charge in [-0.2, -0.15) is 0 Å². The Bertz CT molecular complexity index is 600. The molecule has 0 saturated heterocycles. The Morgan fingerprint density at radius 3 is 2.10 bits per heavy atom. The van der Waals surface area contributed by atoms with Crippen LogP contribution in [0.3, 0.4) is 0 Å². The number of hydrogen-bond acceptors (Lipinski definition) is 0. The van der Waals surface area contributed by atoms with Gasteiger partial charge in [-0.3, -0.25) is 0 Å². The van der Waals surface area contributed by atoms with Crippen LogP contribution in [0.1, 0.15) is 16.5 Å². The van der Waals surface area contributed by atoms with Crippen molar-refractivity contribution < 1.29 is 17.6 Å². The molecule has 1 atom stereocenters. The summed E-state index contributed by atoms with van der Waals surface area (Å²) in [6.07, 6.45) is -0.216. The molecule has 0 bridgehead atoms. The number of benzene rings is 2. The fraction of sp³-hybridized carbons (Fsp3) is 0.143. The summed E-state index contributed by atoms with van der Waals surface area (Å²) >= 11 is 11.7. The van der Waals surface area contributed by atoms with Gasteiger partial charge in [0, 0.05) is 28.3 Å². The maximum Gasteiger partial charge on any atom is 0.133 e. The summed E-state index contributed by atoms with van der Waals surface area (Å²) in [5, 5.41) is -1.09. The van der Waals surface area contributed by atoms with Crippen molar-refractivity contribution in [3.8, 4) is 0 Å². The average Bonchev–Trinajstić information content (AvgIpc) is 2.32. The maximum absolute atomic E-state index is 13.6. The molecule has 2 rings (SSSR count). The monoisotopic (exact) mass is 322 g/mol. The van der Waals surface area contributed by atoms with Gasteiger partial charge in [-0.1, -0.05) is 17.7 Å². The molecule has 0 aliphatic heterocycles. The minimum absolute atomic E-state index is 0.0530. The second-order valence-corrected chi connectivity index (χ2v) is 5.09. The summed E-state index contributed by atoms with van der Waals surface area (Å²) in [6.45, 7) is 0. The Kier molecular flexibility index (Phi) is 4.55. The summed E-state index contributed by atoms with van der Waals surface area (Å²) in [4.78, 5) is 0. The quantitative estimate of drug-likeness (QED) is 0.523. The predicted octanol–water partition coefficient (Wildman–Crippen LogP) is 5.42. The molecule has 0 amide bonds. The molecule has 2 aromatic rings. The van der Waals surface area contributed by atoms with Crippen molar-refractivity contribution in [1.29, 1.82) is 0 Å². The zero-order chi connectivity index (χ0) is 14.9. The van der Waals surface area contributed by atoms with Gasteiger partial charge < -0.3 is 0 Å². The predicted molar refractivity (Wildman–Crippen MR) is 70.0 cm³/mol. The zero-order valence-electron chi connectivity index (χ0n) is 9.94. The van der Waals surface area contributed by atoms with Gasteiger partial charge in [-0.15, -0.1) is 11.6 Å². The van der Waals surface area contributed by atoms with Crippen molar-refractivity contribution in [1.82, 2.24) is 0 Å². The van der Waals surface area contributed by atoms with Crippen LogP contribution >= 0.6 is 23.2 Å². The van der Waals surface area contributed by atoms with Gasteiger partial charge in [-0.25, -0.2) is 17.6 Å². The number of alkyl halides is 1. The van der Waals surface area contributed by atoms with Crippen LogP contribution in [-0.4, -0.2) is 0 Å². The summed E-state index contributed by atoms with van der Waals surface area (Å²) in [6, 6.07) is 5.07. The minimum atomic E-state index is -1.20. The number of rotatable bonds is 3. The number of hydrogen-bond donors (Lipinski definition) is 0. The van der Waals surface area contributed by atoms with Crippen LogP contribution in [0.4, 0.5) is 17.6 Å². The van der Waals surface area contributed by atoms with Gasteiger partial charge in [0.15, 0.2) is 0 Å². The second kappa shape index (κ2) is 6.02. The highest BCUT2D eigenvalue weighted by atomic mass is 35.5. The normalized spacial score (nSPS) is 12.5. The van der Waals surface area contributed by atoms with Crippen LogP contribution in [0.25, 0.3) is 0 Å². The molecule has 0 nitrogen and oxygen atoms in total. The average molecular weight is 323 g/mol. The molecule has 0 fully saturated rings. The summed E-state index contributed by atoms with van der Waals surface area (Å²) in [7, 11) is 0. The molecule has 0 aliphatic rings. The lowest BCUT2D eigenvalue weighted by atomic mass is 10.0. The van der Waals surface area contributed by atoms with Crippen LogP contribution in [0, 0.1) is 23.3 Å². The van der Waals surface area contributed by atoms with Gasteiger partial charge in [0.1, 0.15) is 23.3 Å². The topological polar surface area (TPSA) is 0 Å². The minimum Gasteiger partial charge on any atom is -0.207 e. The first kappa shape index (κ1) is 15.1. The summed E-state index contributed by atoms with van der Waals surface area (Å²) < 4.78 is 53.6. The summed E-state index contributed by atoms with van der Waals surface area (Å²) in [5.41, 5.74) is -0.454. The SMILES string of the molecule is Fc1cc(F)c(C(Cl)Cc2c(F)cccc2Cl)c(F)c1. The van der Waals surface area contributed by atoms with Gasteiger partial charge in [0.25, 0.3) is 0 Å². The van der Waals surface area contributed by atoms with Crippen molar-refractivity contribution in [3.05, 3.63) is 69.8 Å². The highest BCUT2D eigenvalue weighted by Crippen LogP contribution is 2.33. The third kappa shape index (κ3) is 3.07. The lowest BCUT2D eigenvalue weighted by Gasteiger charge is -2.13. The molecule has 0 aliphatic carbocycles. The molecule has 0 aromatic heterocycles. The molecule has 2 aromatic carbocycles.